The molecule has 0 fully saturated rings. The molecule has 0 spiro atoms. The van der Waals surface area contributed by atoms with Crippen molar-refractivity contribution in [1.29, 1.82) is 0 Å². The first-order valence-corrected chi connectivity index (χ1v) is 10.7. The van der Waals surface area contributed by atoms with Gasteiger partial charge in [0.2, 0.25) is 0 Å². The van der Waals surface area contributed by atoms with Crippen LogP contribution < -0.4 is 19.5 Å². The maximum absolute atomic E-state index is 12.6. The van der Waals surface area contributed by atoms with Crippen molar-refractivity contribution in [2.45, 2.75) is 17.9 Å². The van der Waals surface area contributed by atoms with Gasteiger partial charge in [-0.25, -0.2) is 8.42 Å². The Bertz CT molecular complexity index is 1080. The SMILES string of the molecule is COc1ccc(NS(=O)(=O)c2ccc(NC(=O)C(C)Oc3ccccc3)cc2)cc1. The Morgan fingerprint density at radius 1 is 0.833 bits per heavy atom. The van der Waals surface area contributed by atoms with E-state index in [9.17, 15) is 13.2 Å². The molecular formula is C22H22N2O5S. The Labute approximate surface area is 175 Å². The number of amides is 1. The van der Waals surface area contributed by atoms with E-state index in [2.05, 4.69) is 10.0 Å². The zero-order valence-electron chi connectivity index (χ0n) is 16.5. The van der Waals surface area contributed by atoms with Crippen LogP contribution in [0, 0.1) is 0 Å². The molecule has 1 atom stereocenters. The predicted molar refractivity (Wildman–Crippen MR) is 115 cm³/mol. The van der Waals surface area contributed by atoms with Gasteiger partial charge in [-0.05, 0) is 67.6 Å². The molecule has 1 unspecified atom stereocenters. The molecule has 0 aliphatic rings. The number of carbonyl (C=O) groups excluding carboxylic acids is 1. The van der Waals surface area contributed by atoms with Gasteiger partial charge in [0.25, 0.3) is 15.9 Å². The average Bonchev–Trinajstić information content (AvgIpc) is 2.75. The smallest absolute Gasteiger partial charge is 0.265 e. The molecule has 3 rings (SSSR count). The first kappa shape index (κ1) is 21.2. The number of ether oxygens (including phenoxy) is 2. The van der Waals surface area contributed by atoms with Gasteiger partial charge in [-0.2, -0.15) is 0 Å². The van der Waals surface area contributed by atoms with Crippen molar-refractivity contribution in [2.75, 3.05) is 17.1 Å². The lowest BCUT2D eigenvalue weighted by molar-refractivity contribution is -0.122. The van der Waals surface area contributed by atoms with E-state index in [1.54, 1.807) is 43.3 Å². The van der Waals surface area contributed by atoms with Crippen molar-refractivity contribution in [3.8, 4) is 11.5 Å². The molecule has 8 heteroatoms. The predicted octanol–water partition coefficient (Wildman–Crippen LogP) is 3.90. The normalized spacial score (nSPS) is 11.9. The second kappa shape index (κ2) is 9.32. The zero-order chi connectivity index (χ0) is 21.6. The lowest BCUT2D eigenvalue weighted by atomic mass is 10.3. The minimum absolute atomic E-state index is 0.0740. The molecule has 2 N–H and O–H groups in total. The summed E-state index contributed by atoms with van der Waals surface area (Å²) in [5.41, 5.74) is 0.881. The highest BCUT2D eigenvalue weighted by Crippen LogP contribution is 2.21. The van der Waals surface area contributed by atoms with Crippen molar-refractivity contribution in [1.82, 2.24) is 0 Å². The minimum atomic E-state index is -3.76. The summed E-state index contributed by atoms with van der Waals surface area (Å²) >= 11 is 0. The van der Waals surface area contributed by atoms with Gasteiger partial charge in [-0.15, -0.1) is 0 Å². The van der Waals surface area contributed by atoms with E-state index >= 15 is 0 Å². The van der Waals surface area contributed by atoms with E-state index in [0.29, 0.717) is 22.9 Å². The molecule has 0 aliphatic heterocycles. The molecule has 0 aromatic heterocycles. The summed E-state index contributed by atoms with van der Waals surface area (Å²) in [7, 11) is -2.23. The Morgan fingerprint density at radius 2 is 1.43 bits per heavy atom. The first-order valence-electron chi connectivity index (χ1n) is 9.17. The Morgan fingerprint density at radius 3 is 2.03 bits per heavy atom. The summed E-state index contributed by atoms with van der Waals surface area (Å²) < 4.78 is 38.2. The number of nitrogens with one attached hydrogen (secondary N) is 2. The quantitative estimate of drug-likeness (QED) is 0.570. The Balaban J connectivity index is 1.62. The number of carbonyl (C=O) groups is 1. The van der Waals surface area contributed by atoms with E-state index in [1.165, 1.54) is 31.4 Å². The van der Waals surface area contributed by atoms with Crippen molar-refractivity contribution >= 4 is 27.3 Å². The maximum atomic E-state index is 12.6. The average molecular weight is 426 g/mol. The molecule has 0 saturated heterocycles. The third-order valence-corrected chi connectivity index (χ3v) is 5.60. The van der Waals surface area contributed by atoms with Crippen LogP contribution in [0.5, 0.6) is 11.5 Å². The third kappa shape index (κ3) is 5.51. The van der Waals surface area contributed by atoms with Crippen LogP contribution in [0.2, 0.25) is 0 Å². The molecule has 0 bridgehead atoms. The molecule has 3 aromatic carbocycles. The maximum Gasteiger partial charge on any atom is 0.265 e. The second-order valence-corrected chi connectivity index (χ2v) is 8.10. The Kier molecular flexibility index (Phi) is 6.58. The largest absolute Gasteiger partial charge is 0.497 e. The van der Waals surface area contributed by atoms with Gasteiger partial charge in [0.15, 0.2) is 6.10 Å². The van der Waals surface area contributed by atoms with Crippen molar-refractivity contribution < 1.29 is 22.7 Å². The molecule has 30 heavy (non-hydrogen) atoms. The first-order chi connectivity index (χ1) is 14.4. The summed E-state index contributed by atoms with van der Waals surface area (Å²) in [6.07, 6.45) is -0.715. The van der Waals surface area contributed by atoms with Crippen LogP contribution in [0.15, 0.2) is 83.8 Å². The van der Waals surface area contributed by atoms with Gasteiger partial charge in [0, 0.05) is 11.4 Å². The molecule has 1 amide bonds. The molecule has 0 radical (unpaired) electrons. The van der Waals surface area contributed by atoms with Crippen LogP contribution in [-0.2, 0) is 14.8 Å². The molecule has 0 aliphatic carbocycles. The van der Waals surface area contributed by atoms with Gasteiger partial charge >= 0.3 is 0 Å². The lowest BCUT2D eigenvalue weighted by Gasteiger charge is -2.15. The standard InChI is InChI=1S/C22H22N2O5S/c1-16(29-20-6-4-3-5-7-20)22(25)23-17-10-14-21(15-11-17)30(26,27)24-18-8-12-19(28-2)13-9-18/h3-16,24H,1-2H3,(H,23,25). The zero-order valence-corrected chi connectivity index (χ0v) is 17.3. The molecule has 0 heterocycles. The fraction of sp³-hybridized carbons (Fsp3) is 0.136. The van der Waals surface area contributed by atoms with E-state index < -0.39 is 16.1 Å². The summed E-state index contributed by atoms with van der Waals surface area (Å²) in [6, 6.07) is 21.5. The molecular weight excluding hydrogens is 404 g/mol. The number of methoxy groups -OCH3 is 1. The van der Waals surface area contributed by atoms with Crippen LogP contribution in [-0.4, -0.2) is 27.5 Å². The fourth-order valence-electron chi connectivity index (χ4n) is 2.59. The number of rotatable bonds is 8. The van der Waals surface area contributed by atoms with Crippen LogP contribution in [0.4, 0.5) is 11.4 Å². The van der Waals surface area contributed by atoms with E-state index in [4.69, 9.17) is 9.47 Å². The van der Waals surface area contributed by atoms with E-state index in [-0.39, 0.29) is 10.8 Å². The third-order valence-electron chi connectivity index (χ3n) is 4.20. The van der Waals surface area contributed by atoms with Crippen LogP contribution in [0.1, 0.15) is 6.92 Å². The van der Waals surface area contributed by atoms with Crippen LogP contribution in [0.3, 0.4) is 0 Å². The topological polar surface area (TPSA) is 93.7 Å². The second-order valence-electron chi connectivity index (χ2n) is 6.42. The molecule has 156 valence electrons. The lowest BCUT2D eigenvalue weighted by Crippen LogP contribution is -2.30. The highest BCUT2D eigenvalue weighted by Gasteiger charge is 2.17. The number of sulfonamides is 1. The van der Waals surface area contributed by atoms with Gasteiger partial charge in [-0.3, -0.25) is 9.52 Å². The number of hydrogen-bond donors (Lipinski definition) is 2. The molecule has 3 aromatic rings. The van der Waals surface area contributed by atoms with Crippen LogP contribution in [0.25, 0.3) is 0 Å². The summed E-state index contributed by atoms with van der Waals surface area (Å²) in [5, 5.41) is 2.71. The van der Waals surface area contributed by atoms with Gasteiger partial charge < -0.3 is 14.8 Å². The highest BCUT2D eigenvalue weighted by atomic mass is 32.2. The molecule has 7 nitrogen and oxygen atoms in total. The summed E-state index contributed by atoms with van der Waals surface area (Å²) in [4.78, 5) is 12.4. The van der Waals surface area contributed by atoms with Gasteiger partial charge in [0.05, 0.1) is 12.0 Å². The minimum Gasteiger partial charge on any atom is -0.497 e. The van der Waals surface area contributed by atoms with Crippen molar-refractivity contribution in [3.63, 3.8) is 0 Å². The van der Waals surface area contributed by atoms with Crippen molar-refractivity contribution in [3.05, 3.63) is 78.9 Å². The van der Waals surface area contributed by atoms with Gasteiger partial charge in [-0.1, -0.05) is 18.2 Å². The number of benzene rings is 3. The summed E-state index contributed by atoms with van der Waals surface area (Å²) in [6.45, 7) is 1.64. The Hall–Kier alpha value is -3.52. The van der Waals surface area contributed by atoms with Crippen LogP contribution >= 0.6 is 0 Å². The number of anilines is 2. The number of hydrogen-bond acceptors (Lipinski definition) is 5. The molecule has 0 saturated carbocycles. The monoisotopic (exact) mass is 426 g/mol. The van der Waals surface area contributed by atoms with E-state index in [1.807, 2.05) is 18.2 Å². The highest BCUT2D eigenvalue weighted by molar-refractivity contribution is 7.92. The summed E-state index contributed by atoms with van der Waals surface area (Å²) in [5.74, 6) is 0.875. The van der Waals surface area contributed by atoms with E-state index in [0.717, 1.165) is 0 Å². The van der Waals surface area contributed by atoms with Gasteiger partial charge in [0.1, 0.15) is 11.5 Å². The van der Waals surface area contributed by atoms with Crippen molar-refractivity contribution in [2.24, 2.45) is 0 Å². The fourth-order valence-corrected chi connectivity index (χ4v) is 3.65. The number of para-hydroxylation sites is 1.